The summed E-state index contributed by atoms with van der Waals surface area (Å²) in [6.07, 6.45) is 2.32. The Kier molecular flexibility index (Phi) is 5.13. The summed E-state index contributed by atoms with van der Waals surface area (Å²) in [4.78, 5) is 6.76. The number of hydrogen-bond donors (Lipinski definition) is 2. The van der Waals surface area contributed by atoms with Crippen LogP contribution < -0.4 is 5.32 Å². The van der Waals surface area contributed by atoms with Crippen molar-refractivity contribution in [3.8, 4) is 0 Å². The number of fused-ring (bicyclic) bond motifs is 1. The highest BCUT2D eigenvalue weighted by Gasteiger charge is 2.18. The molecule has 1 aliphatic rings. The van der Waals surface area contributed by atoms with E-state index < -0.39 is 0 Å². The van der Waals surface area contributed by atoms with E-state index in [4.69, 9.17) is 16.7 Å². The second-order valence-electron chi connectivity index (χ2n) is 5.91. The number of pyridine rings is 1. The van der Waals surface area contributed by atoms with Crippen LogP contribution in [0, 0.1) is 5.92 Å². The molecule has 0 bridgehead atoms. The first-order valence-corrected chi connectivity index (χ1v) is 8.26. The van der Waals surface area contributed by atoms with Crippen molar-refractivity contribution >= 4 is 28.2 Å². The van der Waals surface area contributed by atoms with E-state index in [-0.39, 0.29) is 6.61 Å². The van der Waals surface area contributed by atoms with Gasteiger partial charge in [0.1, 0.15) is 11.0 Å². The van der Waals surface area contributed by atoms with E-state index in [2.05, 4.69) is 27.3 Å². The Morgan fingerprint density at radius 3 is 2.82 bits per heavy atom. The van der Waals surface area contributed by atoms with Crippen LogP contribution >= 0.6 is 11.6 Å². The van der Waals surface area contributed by atoms with Crippen LogP contribution in [-0.4, -0.2) is 47.8 Å². The molecular weight excluding hydrogens is 298 g/mol. The number of halogens is 1. The summed E-state index contributed by atoms with van der Waals surface area (Å²) in [5.74, 6) is 1.50. The highest BCUT2D eigenvalue weighted by atomic mass is 35.5. The van der Waals surface area contributed by atoms with Gasteiger partial charge in [0, 0.05) is 18.5 Å². The van der Waals surface area contributed by atoms with Crippen LogP contribution in [0.5, 0.6) is 0 Å². The third-order valence-electron chi connectivity index (χ3n) is 4.39. The quantitative estimate of drug-likeness (QED) is 0.832. The number of likely N-dealkylation sites (tertiary alicyclic amines) is 1. The largest absolute Gasteiger partial charge is 0.395 e. The number of rotatable bonds is 5. The molecule has 0 aliphatic carbocycles. The summed E-state index contributed by atoms with van der Waals surface area (Å²) in [5, 5.41) is 15.1. The van der Waals surface area contributed by atoms with E-state index in [0.29, 0.717) is 11.1 Å². The molecule has 0 spiro atoms. The van der Waals surface area contributed by atoms with Gasteiger partial charge in [-0.25, -0.2) is 4.98 Å². The maximum absolute atomic E-state index is 8.97. The lowest BCUT2D eigenvalue weighted by molar-refractivity contribution is 0.151. The lowest BCUT2D eigenvalue weighted by Crippen LogP contribution is -2.37. The van der Waals surface area contributed by atoms with E-state index in [1.807, 2.05) is 18.2 Å². The fraction of sp³-hybridized carbons (Fsp3) is 0.471. The Bertz CT molecular complexity index is 626. The summed E-state index contributed by atoms with van der Waals surface area (Å²) in [7, 11) is 0. The molecule has 2 heterocycles. The smallest absolute Gasteiger partial charge is 0.139 e. The molecule has 1 fully saturated rings. The van der Waals surface area contributed by atoms with Gasteiger partial charge in [0.25, 0.3) is 0 Å². The molecule has 1 aromatic heterocycles. The average Bonchev–Trinajstić information content (AvgIpc) is 2.55. The van der Waals surface area contributed by atoms with Gasteiger partial charge in [0.2, 0.25) is 0 Å². The lowest BCUT2D eigenvalue weighted by Gasteiger charge is -2.31. The molecule has 2 aromatic rings. The molecule has 4 nitrogen and oxygen atoms in total. The van der Waals surface area contributed by atoms with Gasteiger partial charge < -0.3 is 15.3 Å². The number of nitrogens with one attached hydrogen (secondary N) is 1. The highest BCUT2D eigenvalue weighted by molar-refractivity contribution is 6.34. The third-order valence-corrected chi connectivity index (χ3v) is 4.68. The molecule has 3 rings (SSSR count). The zero-order chi connectivity index (χ0) is 15.4. The van der Waals surface area contributed by atoms with E-state index in [1.165, 1.54) is 0 Å². The molecule has 5 heteroatoms. The fourth-order valence-corrected chi connectivity index (χ4v) is 3.31. The number of nitrogens with zero attached hydrogens (tertiary/aromatic N) is 2. The highest BCUT2D eigenvalue weighted by Crippen LogP contribution is 2.25. The monoisotopic (exact) mass is 319 g/mol. The van der Waals surface area contributed by atoms with Gasteiger partial charge in [-0.3, -0.25) is 0 Å². The van der Waals surface area contributed by atoms with E-state index in [1.54, 1.807) is 0 Å². The molecule has 0 radical (unpaired) electrons. The minimum Gasteiger partial charge on any atom is -0.395 e. The average molecular weight is 320 g/mol. The van der Waals surface area contributed by atoms with E-state index in [9.17, 15) is 0 Å². The number of benzene rings is 1. The first-order valence-electron chi connectivity index (χ1n) is 7.88. The minimum atomic E-state index is 0.252. The maximum Gasteiger partial charge on any atom is 0.139 e. The lowest BCUT2D eigenvalue weighted by atomic mass is 9.97. The molecule has 22 heavy (non-hydrogen) atoms. The van der Waals surface area contributed by atoms with Crippen LogP contribution in [0.15, 0.2) is 30.3 Å². The standard InChI is InChI=1S/C17H22ClN3O/c18-17-15-4-2-1-3-14(15)11-16(20-17)19-12-13-5-7-21(8-6-13)9-10-22/h1-4,11,13,22H,5-10,12H2,(H,19,20). The summed E-state index contributed by atoms with van der Waals surface area (Å²) in [6.45, 7) is 4.11. The Morgan fingerprint density at radius 1 is 1.27 bits per heavy atom. The number of anilines is 1. The first kappa shape index (κ1) is 15.5. The Balaban J connectivity index is 1.58. The second kappa shape index (κ2) is 7.27. The fourth-order valence-electron chi connectivity index (χ4n) is 3.05. The normalized spacial score (nSPS) is 17.0. The molecule has 1 aliphatic heterocycles. The van der Waals surface area contributed by atoms with E-state index in [0.717, 1.165) is 55.6 Å². The zero-order valence-corrected chi connectivity index (χ0v) is 13.4. The Labute approximate surface area is 136 Å². The van der Waals surface area contributed by atoms with Gasteiger partial charge in [-0.2, -0.15) is 0 Å². The number of β-amino-alcohol motifs (C(OH)–C–C–N with tert-alkyl or cyclic N) is 1. The van der Waals surface area contributed by atoms with Crippen molar-refractivity contribution in [3.63, 3.8) is 0 Å². The SMILES string of the molecule is OCCN1CCC(CNc2cc3ccccc3c(Cl)n2)CC1. The molecule has 0 unspecified atom stereocenters. The molecule has 0 atom stereocenters. The predicted octanol–water partition coefficient (Wildman–Crippen LogP) is 3.00. The van der Waals surface area contributed by atoms with Crippen LogP contribution in [-0.2, 0) is 0 Å². The molecule has 1 aromatic carbocycles. The maximum atomic E-state index is 8.97. The number of aliphatic hydroxyl groups is 1. The van der Waals surface area contributed by atoms with Crippen molar-refractivity contribution in [2.24, 2.45) is 5.92 Å². The van der Waals surface area contributed by atoms with Crippen molar-refractivity contribution in [3.05, 3.63) is 35.5 Å². The molecule has 0 amide bonds. The Morgan fingerprint density at radius 2 is 2.05 bits per heavy atom. The van der Waals surface area contributed by atoms with E-state index >= 15 is 0 Å². The number of piperidine rings is 1. The van der Waals surface area contributed by atoms with Crippen molar-refractivity contribution < 1.29 is 5.11 Å². The van der Waals surface area contributed by atoms with Crippen molar-refractivity contribution in [2.75, 3.05) is 38.1 Å². The number of aliphatic hydroxyl groups excluding tert-OH is 1. The third kappa shape index (κ3) is 3.69. The van der Waals surface area contributed by atoms with Gasteiger partial charge in [0.15, 0.2) is 0 Å². The zero-order valence-electron chi connectivity index (χ0n) is 12.6. The summed E-state index contributed by atoms with van der Waals surface area (Å²) < 4.78 is 0. The molecule has 2 N–H and O–H groups in total. The summed E-state index contributed by atoms with van der Waals surface area (Å²) in [6, 6.07) is 10.1. The van der Waals surface area contributed by atoms with Crippen molar-refractivity contribution in [2.45, 2.75) is 12.8 Å². The van der Waals surface area contributed by atoms with Gasteiger partial charge in [0.05, 0.1) is 6.61 Å². The van der Waals surface area contributed by atoms with Crippen molar-refractivity contribution in [1.29, 1.82) is 0 Å². The first-order chi connectivity index (χ1) is 10.8. The van der Waals surface area contributed by atoms with Crippen LogP contribution in [0.4, 0.5) is 5.82 Å². The Hall–Kier alpha value is -1.36. The molecule has 118 valence electrons. The topological polar surface area (TPSA) is 48.4 Å². The van der Waals surface area contributed by atoms with Crippen LogP contribution in [0.25, 0.3) is 10.8 Å². The van der Waals surface area contributed by atoms with Crippen LogP contribution in [0.2, 0.25) is 5.15 Å². The van der Waals surface area contributed by atoms with Gasteiger partial charge in [-0.05, 0) is 43.3 Å². The van der Waals surface area contributed by atoms with Crippen molar-refractivity contribution in [1.82, 2.24) is 9.88 Å². The number of aromatic nitrogens is 1. The molecule has 1 saturated heterocycles. The predicted molar refractivity (Wildman–Crippen MR) is 91.5 cm³/mol. The van der Waals surface area contributed by atoms with Gasteiger partial charge in [-0.15, -0.1) is 0 Å². The van der Waals surface area contributed by atoms with Crippen LogP contribution in [0.1, 0.15) is 12.8 Å². The van der Waals surface area contributed by atoms with Crippen LogP contribution in [0.3, 0.4) is 0 Å². The summed E-state index contributed by atoms with van der Waals surface area (Å²) >= 11 is 6.26. The number of hydrogen-bond acceptors (Lipinski definition) is 4. The summed E-state index contributed by atoms with van der Waals surface area (Å²) in [5.41, 5.74) is 0. The van der Waals surface area contributed by atoms with Gasteiger partial charge in [-0.1, -0.05) is 35.9 Å². The van der Waals surface area contributed by atoms with Gasteiger partial charge >= 0.3 is 0 Å². The second-order valence-corrected chi connectivity index (χ2v) is 6.27. The molecule has 0 saturated carbocycles. The molecular formula is C17H22ClN3O. The minimum absolute atomic E-state index is 0.252.